The average molecular weight is 609 g/mol. The van der Waals surface area contributed by atoms with Gasteiger partial charge in [-0.2, -0.15) is 0 Å². The van der Waals surface area contributed by atoms with Crippen molar-refractivity contribution in [3.63, 3.8) is 0 Å². The molecule has 0 aliphatic carbocycles. The van der Waals surface area contributed by atoms with Gasteiger partial charge in [-0.05, 0) is 61.8 Å². The maximum Gasteiger partial charge on any atom is 0.412 e. The van der Waals surface area contributed by atoms with Crippen LogP contribution in [0.4, 0.5) is 9.59 Å². The lowest BCUT2D eigenvalue weighted by Gasteiger charge is -2.11. The molecule has 6 nitrogen and oxygen atoms in total. The molecule has 2 aromatic rings. The molecule has 2 amide bonds. The highest BCUT2D eigenvalue weighted by molar-refractivity contribution is 5.71. The first-order chi connectivity index (χ1) is 21.6. The van der Waals surface area contributed by atoms with Crippen molar-refractivity contribution in [2.45, 2.75) is 142 Å². The molecule has 2 aromatic carbocycles. The molecule has 0 heterocycles. The summed E-state index contributed by atoms with van der Waals surface area (Å²) in [7, 11) is 0. The lowest BCUT2D eigenvalue weighted by Crippen LogP contribution is -2.28. The molecule has 2 N–H and O–H groups in total. The minimum atomic E-state index is -0.395. The Morgan fingerprint density at radius 2 is 0.818 bits per heavy atom. The Morgan fingerprint density at radius 3 is 1.23 bits per heavy atom. The van der Waals surface area contributed by atoms with E-state index < -0.39 is 12.2 Å². The van der Waals surface area contributed by atoms with E-state index in [4.69, 9.17) is 9.47 Å². The number of hydrogen-bond donors (Lipinski definition) is 2. The van der Waals surface area contributed by atoms with Crippen molar-refractivity contribution < 1.29 is 19.1 Å². The molecule has 0 spiro atoms. The normalized spacial score (nSPS) is 10.9. The van der Waals surface area contributed by atoms with E-state index in [9.17, 15) is 9.59 Å². The van der Waals surface area contributed by atoms with Gasteiger partial charge in [0.1, 0.15) is 11.5 Å². The van der Waals surface area contributed by atoms with Crippen LogP contribution in [0.2, 0.25) is 0 Å². The van der Waals surface area contributed by atoms with Crippen molar-refractivity contribution in [2.75, 3.05) is 13.1 Å². The number of amides is 2. The lowest BCUT2D eigenvalue weighted by molar-refractivity contribution is 0.198. The molecule has 0 aromatic heterocycles. The molecule has 6 heteroatoms. The third-order valence-electron chi connectivity index (χ3n) is 8.09. The molecule has 0 saturated carbocycles. The van der Waals surface area contributed by atoms with Crippen LogP contribution in [0.25, 0.3) is 0 Å². The summed E-state index contributed by atoms with van der Waals surface area (Å²) < 4.78 is 11.2. The largest absolute Gasteiger partial charge is 0.412 e. The van der Waals surface area contributed by atoms with Crippen LogP contribution in [0, 0.1) is 0 Å². The molecular formula is C38H60N2O4. The number of carbonyl (C=O) groups is 2. The van der Waals surface area contributed by atoms with Gasteiger partial charge in [0.25, 0.3) is 0 Å². The van der Waals surface area contributed by atoms with Gasteiger partial charge in [-0.15, -0.1) is 0 Å². The van der Waals surface area contributed by atoms with Crippen LogP contribution in [0.5, 0.6) is 11.5 Å². The molecule has 0 bridgehead atoms. The number of unbranched alkanes of at least 4 members (excludes halogenated alkanes) is 15. The summed E-state index contributed by atoms with van der Waals surface area (Å²) in [5.74, 6) is 1.32. The Kier molecular flexibility index (Phi) is 21.4. The summed E-state index contributed by atoms with van der Waals surface area (Å²) in [5.41, 5.74) is 2.19. The van der Waals surface area contributed by atoms with Crippen LogP contribution in [-0.4, -0.2) is 25.3 Å². The lowest BCUT2D eigenvalue weighted by atomic mass is 10.0. The minimum absolute atomic E-state index is 0.395. The van der Waals surface area contributed by atoms with Crippen LogP contribution >= 0.6 is 0 Å². The van der Waals surface area contributed by atoms with Crippen molar-refractivity contribution in [1.29, 1.82) is 0 Å². The smallest absolute Gasteiger partial charge is 0.410 e. The summed E-state index contributed by atoms with van der Waals surface area (Å²) in [6.45, 7) is 5.63. The Hall–Kier alpha value is -3.02. The average Bonchev–Trinajstić information content (AvgIpc) is 3.03. The topological polar surface area (TPSA) is 76.7 Å². The predicted octanol–water partition coefficient (Wildman–Crippen LogP) is 10.7. The Labute approximate surface area is 268 Å². The third-order valence-corrected chi connectivity index (χ3v) is 8.09. The van der Waals surface area contributed by atoms with Gasteiger partial charge in [-0.25, -0.2) is 9.59 Å². The summed E-state index contributed by atoms with van der Waals surface area (Å²) in [6, 6.07) is 15.7. The zero-order valence-corrected chi connectivity index (χ0v) is 27.8. The van der Waals surface area contributed by atoms with Gasteiger partial charge in [-0.3, -0.25) is 0 Å². The van der Waals surface area contributed by atoms with Gasteiger partial charge in [0.05, 0.1) is 0 Å². The Balaban J connectivity index is 1.52. The van der Waals surface area contributed by atoms with Crippen LogP contribution in [-0.2, 0) is 12.8 Å². The second-order valence-corrected chi connectivity index (χ2v) is 12.0. The maximum atomic E-state index is 12.4. The molecular weight excluding hydrogens is 548 g/mol. The van der Waals surface area contributed by atoms with Gasteiger partial charge >= 0.3 is 12.2 Å². The first-order valence-electron chi connectivity index (χ1n) is 17.7. The van der Waals surface area contributed by atoms with Crippen LogP contribution < -0.4 is 20.1 Å². The Bertz CT molecular complexity index is 944. The first-order valence-corrected chi connectivity index (χ1v) is 17.7. The van der Waals surface area contributed by atoms with E-state index in [0.29, 0.717) is 24.6 Å². The zero-order valence-electron chi connectivity index (χ0n) is 27.8. The minimum Gasteiger partial charge on any atom is -0.410 e. The number of aryl methyl sites for hydroxylation is 2. The fourth-order valence-corrected chi connectivity index (χ4v) is 5.42. The van der Waals surface area contributed by atoms with Crippen LogP contribution in [0.3, 0.4) is 0 Å². The molecule has 0 atom stereocenters. The highest BCUT2D eigenvalue weighted by Gasteiger charge is 2.10. The van der Waals surface area contributed by atoms with Crippen LogP contribution in [0.1, 0.15) is 141 Å². The number of ether oxygens (including phenoxy) is 2. The predicted molar refractivity (Wildman–Crippen MR) is 183 cm³/mol. The zero-order chi connectivity index (χ0) is 31.5. The molecule has 0 fully saturated rings. The van der Waals surface area contributed by atoms with E-state index in [0.717, 1.165) is 62.5 Å². The second kappa shape index (κ2) is 25.3. The number of nitrogens with one attached hydrogen (secondary N) is 2. The van der Waals surface area contributed by atoms with Crippen molar-refractivity contribution >= 4 is 12.2 Å². The third kappa shape index (κ3) is 17.9. The molecule has 0 radical (unpaired) electrons. The molecule has 2 rings (SSSR count). The standard InChI is InChI=1S/C38H60N2O4/c1-3-5-7-9-11-13-17-25-33-27-19-21-29-35(33)43-37(41)39-31-23-15-16-24-32-40-38(42)44-36-30-22-20-28-34(36)26-18-14-12-10-8-6-4-2/h19-22,27-30H,3-18,23-26,31-32H2,1-2H3,(H,39,41)(H,40,42). The fraction of sp³-hybridized carbons (Fsp3) is 0.632. The van der Waals surface area contributed by atoms with Crippen molar-refractivity contribution in [3.8, 4) is 11.5 Å². The molecule has 0 saturated heterocycles. The maximum absolute atomic E-state index is 12.4. The molecule has 44 heavy (non-hydrogen) atoms. The van der Waals surface area contributed by atoms with Gasteiger partial charge in [0, 0.05) is 13.1 Å². The van der Waals surface area contributed by atoms with E-state index >= 15 is 0 Å². The molecule has 0 aliphatic heterocycles. The van der Waals surface area contributed by atoms with Gasteiger partial charge in [0.15, 0.2) is 0 Å². The fourth-order valence-electron chi connectivity index (χ4n) is 5.42. The van der Waals surface area contributed by atoms with E-state index in [1.165, 1.54) is 77.0 Å². The van der Waals surface area contributed by atoms with Gasteiger partial charge < -0.3 is 20.1 Å². The SMILES string of the molecule is CCCCCCCCCc1ccccc1OC(=O)NCCCCCCNC(=O)Oc1ccccc1CCCCCCCCC. The van der Waals surface area contributed by atoms with E-state index in [2.05, 4.69) is 36.6 Å². The molecule has 246 valence electrons. The molecule has 0 unspecified atom stereocenters. The van der Waals surface area contributed by atoms with Crippen molar-refractivity contribution in [1.82, 2.24) is 10.6 Å². The van der Waals surface area contributed by atoms with Gasteiger partial charge in [-0.1, -0.05) is 140 Å². The second-order valence-electron chi connectivity index (χ2n) is 12.0. The molecule has 0 aliphatic rings. The summed E-state index contributed by atoms with van der Waals surface area (Å²) in [5, 5.41) is 5.75. The number of para-hydroxylation sites is 2. The summed E-state index contributed by atoms with van der Waals surface area (Å²) >= 11 is 0. The van der Waals surface area contributed by atoms with Crippen molar-refractivity contribution in [3.05, 3.63) is 59.7 Å². The monoisotopic (exact) mass is 608 g/mol. The van der Waals surface area contributed by atoms with Gasteiger partial charge in [0.2, 0.25) is 0 Å². The highest BCUT2D eigenvalue weighted by Crippen LogP contribution is 2.22. The van der Waals surface area contributed by atoms with Crippen LogP contribution in [0.15, 0.2) is 48.5 Å². The summed E-state index contributed by atoms with van der Waals surface area (Å²) in [4.78, 5) is 24.7. The quantitative estimate of drug-likeness (QED) is 0.110. The highest BCUT2D eigenvalue weighted by atomic mass is 16.6. The van der Waals surface area contributed by atoms with E-state index in [-0.39, 0.29) is 0 Å². The van der Waals surface area contributed by atoms with Crippen molar-refractivity contribution in [2.24, 2.45) is 0 Å². The van der Waals surface area contributed by atoms with E-state index in [1.807, 2.05) is 36.4 Å². The summed E-state index contributed by atoms with van der Waals surface area (Å²) in [6.07, 6.45) is 22.5. The number of hydrogen-bond acceptors (Lipinski definition) is 4. The number of rotatable bonds is 25. The number of benzene rings is 2. The Morgan fingerprint density at radius 1 is 0.477 bits per heavy atom. The first kappa shape index (κ1) is 37.2. The number of carbonyl (C=O) groups excluding carboxylic acids is 2. The van der Waals surface area contributed by atoms with E-state index in [1.54, 1.807) is 0 Å².